The first kappa shape index (κ1) is 31.6. The van der Waals surface area contributed by atoms with Gasteiger partial charge in [0.15, 0.2) is 0 Å². The number of hydrogen-bond acceptors (Lipinski definition) is 8. The summed E-state index contributed by atoms with van der Waals surface area (Å²) in [7, 11) is 1.56. The average molecular weight is 571 g/mol. The maximum atomic E-state index is 13.7. The Morgan fingerprint density at radius 1 is 1.20 bits per heavy atom. The number of alkyl carbamates (subject to hydrolysis) is 1. The van der Waals surface area contributed by atoms with Crippen LogP contribution in [0.2, 0.25) is 0 Å². The van der Waals surface area contributed by atoms with E-state index in [2.05, 4.69) is 21.9 Å². The molecular formula is C30H42N4O7. The number of ether oxygens (including phenoxy) is 3. The number of methoxy groups -OCH3 is 1. The number of carboxylic acid groups (broad SMARTS) is 1. The van der Waals surface area contributed by atoms with Crippen molar-refractivity contribution in [3.8, 4) is 11.6 Å². The summed E-state index contributed by atoms with van der Waals surface area (Å²) in [6.07, 6.45) is 4.72. The number of amides is 2. The van der Waals surface area contributed by atoms with Crippen LogP contribution in [0.1, 0.15) is 71.9 Å². The molecule has 1 saturated heterocycles. The van der Waals surface area contributed by atoms with Crippen molar-refractivity contribution in [3.05, 3.63) is 36.5 Å². The average Bonchev–Trinajstić information content (AvgIpc) is 3.34. The summed E-state index contributed by atoms with van der Waals surface area (Å²) < 4.78 is 16.9. The van der Waals surface area contributed by atoms with Gasteiger partial charge in [0, 0.05) is 12.5 Å². The van der Waals surface area contributed by atoms with Crippen molar-refractivity contribution in [2.45, 2.75) is 96.4 Å². The molecule has 224 valence electrons. The quantitative estimate of drug-likeness (QED) is 0.260. The highest BCUT2D eigenvalue weighted by Crippen LogP contribution is 2.28. The number of aliphatic carboxylic acids is 1. The van der Waals surface area contributed by atoms with Gasteiger partial charge in [-0.05, 0) is 58.6 Å². The Kier molecular flexibility index (Phi) is 10.9. The third kappa shape index (κ3) is 8.80. The second kappa shape index (κ2) is 14.1. The number of aryl methyl sites for hydroxylation is 1. The summed E-state index contributed by atoms with van der Waals surface area (Å²) in [5, 5.41) is 12.7. The molecule has 0 aliphatic carbocycles. The normalized spacial score (nSPS) is 17.6. The number of rotatable bonds is 13. The number of hydrogen-bond donors (Lipinski definition) is 2. The smallest absolute Gasteiger partial charge is 0.408 e. The lowest BCUT2D eigenvalue weighted by Crippen LogP contribution is -2.52. The molecule has 0 bridgehead atoms. The zero-order valence-corrected chi connectivity index (χ0v) is 24.6. The Balaban J connectivity index is 1.81. The fourth-order valence-electron chi connectivity index (χ4n) is 4.75. The van der Waals surface area contributed by atoms with Gasteiger partial charge in [-0.15, -0.1) is 6.58 Å². The van der Waals surface area contributed by atoms with Gasteiger partial charge < -0.3 is 29.5 Å². The van der Waals surface area contributed by atoms with E-state index in [9.17, 15) is 19.5 Å². The topological polar surface area (TPSA) is 140 Å². The zero-order valence-electron chi connectivity index (χ0n) is 24.6. The summed E-state index contributed by atoms with van der Waals surface area (Å²) in [5.74, 6) is -0.708. The minimum Gasteiger partial charge on any atom is -0.497 e. The van der Waals surface area contributed by atoms with Crippen LogP contribution >= 0.6 is 0 Å². The molecule has 1 fully saturated rings. The minimum atomic E-state index is -1.14. The fraction of sp³-hybridized carbons (Fsp3) is 0.567. The maximum absolute atomic E-state index is 13.7. The van der Waals surface area contributed by atoms with Crippen LogP contribution in [0.5, 0.6) is 11.6 Å². The molecule has 2 amide bonds. The van der Waals surface area contributed by atoms with Gasteiger partial charge in [0.1, 0.15) is 35.2 Å². The van der Waals surface area contributed by atoms with Crippen LogP contribution in [0.25, 0.3) is 11.0 Å². The maximum Gasteiger partial charge on any atom is 0.408 e. The monoisotopic (exact) mass is 570 g/mol. The summed E-state index contributed by atoms with van der Waals surface area (Å²) in [5.41, 5.74) is 1.14. The largest absolute Gasteiger partial charge is 0.497 e. The number of benzene rings is 1. The third-order valence-corrected chi connectivity index (χ3v) is 6.74. The van der Waals surface area contributed by atoms with E-state index in [1.165, 1.54) is 4.90 Å². The van der Waals surface area contributed by atoms with E-state index in [-0.39, 0.29) is 13.0 Å². The zero-order chi connectivity index (χ0) is 30.2. The predicted molar refractivity (Wildman–Crippen MR) is 154 cm³/mol. The summed E-state index contributed by atoms with van der Waals surface area (Å²) in [6.45, 7) is 10.9. The van der Waals surface area contributed by atoms with Crippen LogP contribution in [0.3, 0.4) is 0 Å². The van der Waals surface area contributed by atoms with Crippen molar-refractivity contribution >= 4 is 29.0 Å². The number of unbranched alkanes of at least 4 members (excludes halogenated alkanes) is 3. The molecule has 1 aliphatic rings. The second-order valence-corrected chi connectivity index (χ2v) is 11.1. The number of nitrogens with zero attached hydrogens (tertiary/aromatic N) is 3. The Morgan fingerprint density at radius 3 is 2.59 bits per heavy atom. The molecule has 2 aromatic rings. The first-order valence-corrected chi connectivity index (χ1v) is 14.1. The molecule has 11 nitrogen and oxygen atoms in total. The molecule has 1 aromatic heterocycles. The van der Waals surface area contributed by atoms with Crippen LogP contribution in [0.4, 0.5) is 4.79 Å². The second-order valence-electron chi connectivity index (χ2n) is 11.1. The molecule has 0 spiro atoms. The van der Waals surface area contributed by atoms with Crippen LogP contribution < -0.4 is 14.8 Å². The molecule has 2 N–H and O–H groups in total. The van der Waals surface area contributed by atoms with Crippen molar-refractivity contribution in [1.82, 2.24) is 20.2 Å². The summed E-state index contributed by atoms with van der Waals surface area (Å²) >= 11 is 0. The molecule has 41 heavy (non-hydrogen) atoms. The van der Waals surface area contributed by atoms with Gasteiger partial charge in [0.05, 0.1) is 24.7 Å². The highest BCUT2D eigenvalue weighted by atomic mass is 16.6. The van der Waals surface area contributed by atoms with Crippen molar-refractivity contribution in [2.24, 2.45) is 0 Å². The highest BCUT2D eigenvalue weighted by molar-refractivity contribution is 5.90. The Labute approximate surface area is 241 Å². The van der Waals surface area contributed by atoms with E-state index in [1.807, 2.05) is 19.1 Å². The summed E-state index contributed by atoms with van der Waals surface area (Å²) in [4.78, 5) is 49.1. The lowest BCUT2D eigenvalue weighted by Gasteiger charge is -2.28. The van der Waals surface area contributed by atoms with E-state index in [4.69, 9.17) is 14.2 Å². The number of carbonyl (C=O) groups is 3. The van der Waals surface area contributed by atoms with Crippen LogP contribution in [-0.2, 0) is 20.7 Å². The number of carbonyl (C=O) groups excluding carboxylic acids is 2. The van der Waals surface area contributed by atoms with Gasteiger partial charge in [-0.1, -0.05) is 25.8 Å². The molecule has 11 heteroatoms. The van der Waals surface area contributed by atoms with E-state index < -0.39 is 41.8 Å². The van der Waals surface area contributed by atoms with Gasteiger partial charge in [-0.3, -0.25) is 4.79 Å². The fourth-order valence-corrected chi connectivity index (χ4v) is 4.75. The van der Waals surface area contributed by atoms with Crippen molar-refractivity contribution in [3.63, 3.8) is 0 Å². The Hall–Kier alpha value is -3.89. The number of nitrogens with one attached hydrogen (secondary N) is 1. The van der Waals surface area contributed by atoms with E-state index in [0.717, 1.165) is 19.3 Å². The first-order valence-electron chi connectivity index (χ1n) is 14.1. The van der Waals surface area contributed by atoms with E-state index in [0.29, 0.717) is 47.6 Å². The standard InChI is InChI=1S/C30H42N4O7/c1-7-9-10-11-12-13-23(33-29(38)41-30(3,4)5)27(35)34-18-20(17-25(34)28(36)37)40-26-21(8-2)31-22-15-14-19(39-6)16-24(22)32-26/h7,14-16,20,23,25H,1,8-13,17-18H2,2-6H3,(H,33,38)(H,36,37)/t20-,23+,25+/m1/s1. The van der Waals surface area contributed by atoms with Gasteiger partial charge in [0.2, 0.25) is 11.8 Å². The molecular weight excluding hydrogens is 528 g/mol. The number of aromatic nitrogens is 2. The predicted octanol–water partition coefficient (Wildman–Crippen LogP) is 4.66. The van der Waals surface area contributed by atoms with Crippen LogP contribution in [0, 0.1) is 0 Å². The molecule has 0 unspecified atom stereocenters. The SMILES string of the molecule is C=CCCCCC[C@H](NC(=O)OC(C)(C)C)C(=O)N1C[C@H](Oc2nc3cc(OC)ccc3nc2CC)C[C@H]1C(=O)O. The van der Waals surface area contributed by atoms with Gasteiger partial charge >= 0.3 is 12.1 Å². The molecule has 0 radical (unpaired) electrons. The molecule has 1 aromatic carbocycles. The van der Waals surface area contributed by atoms with Crippen molar-refractivity contribution in [2.75, 3.05) is 13.7 Å². The molecule has 3 rings (SSSR count). The van der Waals surface area contributed by atoms with Crippen molar-refractivity contribution in [1.29, 1.82) is 0 Å². The van der Waals surface area contributed by atoms with Gasteiger partial charge in [-0.25, -0.2) is 19.6 Å². The van der Waals surface area contributed by atoms with Crippen molar-refractivity contribution < 1.29 is 33.7 Å². The lowest BCUT2D eigenvalue weighted by molar-refractivity contribution is -0.149. The van der Waals surface area contributed by atoms with E-state index in [1.54, 1.807) is 40.0 Å². The minimum absolute atomic E-state index is 0.0275. The molecule has 0 saturated carbocycles. The Morgan fingerprint density at radius 2 is 1.95 bits per heavy atom. The van der Waals surface area contributed by atoms with Gasteiger partial charge in [-0.2, -0.15) is 0 Å². The first-order chi connectivity index (χ1) is 19.4. The number of allylic oxidation sites excluding steroid dienone is 1. The van der Waals surface area contributed by atoms with Crippen LogP contribution in [0.15, 0.2) is 30.9 Å². The van der Waals surface area contributed by atoms with Gasteiger partial charge in [0.25, 0.3) is 0 Å². The molecule has 1 aliphatic heterocycles. The highest BCUT2D eigenvalue weighted by Gasteiger charge is 2.43. The number of carboxylic acids is 1. The lowest BCUT2D eigenvalue weighted by atomic mass is 10.1. The van der Waals surface area contributed by atoms with Crippen LogP contribution in [-0.4, -0.2) is 75.4 Å². The molecule has 3 atom stereocenters. The summed E-state index contributed by atoms with van der Waals surface area (Å²) in [6, 6.07) is 3.32. The number of fused-ring (bicyclic) bond motifs is 1. The number of likely N-dealkylation sites (tertiary alicyclic amines) is 1. The Bertz CT molecular complexity index is 1240. The molecule has 2 heterocycles. The van der Waals surface area contributed by atoms with E-state index >= 15 is 0 Å². The third-order valence-electron chi connectivity index (χ3n) is 6.74.